The molecule has 0 radical (unpaired) electrons. The first-order valence-electron chi connectivity index (χ1n) is 9.57. The summed E-state index contributed by atoms with van der Waals surface area (Å²) in [6.45, 7) is 0. The number of benzodiazepines with no additional fused rings is 1. The molecular weight excluding hydrogens is 482 g/mol. The van der Waals surface area contributed by atoms with Crippen molar-refractivity contribution < 1.29 is 18.4 Å². The van der Waals surface area contributed by atoms with Crippen molar-refractivity contribution in [2.24, 2.45) is 4.99 Å². The molecule has 1 heterocycles. The number of carbonyl (C=O) groups excluding carboxylic acids is 2. The van der Waals surface area contributed by atoms with Crippen LogP contribution in [0.3, 0.4) is 0 Å². The largest absolute Gasteiger partial charge is 0.321 e. The molecule has 6 nitrogen and oxygen atoms in total. The molecule has 2 N–H and O–H groups in total. The Morgan fingerprint density at radius 1 is 1.03 bits per heavy atom. The second-order valence-electron chi connectivity index (χ2n) is 7.03. The summed E-state index contributed by atoms with van der Waals surface area (Å²) in [6, 6.07) is 16.2. The maximum atomic E-state index is 14.6. The van der Waals surface area contributed by atoms with E-state index in [1.54, 1.807) is 49.5 Å². The maximum absolute atomic E-state index is 14.6. The van der Waals surface area contributed by atoms with Gasteiger partial charge in [-0.15, -0.1) is 0 Å². The fourth-order valence-electron chi connectivity index (χ4n) is 3.40. The van der Waals surface area contributed by atoms with Crippen LogP contribution < -0.4 is 15.5 Å². The van der Waals surface area contributed by atoms with Crippen molar-refractivity contribution in [1.29, 1.82) is 0 Å². The predicted molar refractivity (Wildman–Crippen MR) is 122 cm³/mol. The lowest BCUT2D eigenvalue weighted by molar-refractivity contribution is -0.119. The van der Waals surface area contributed by atoms with Crippen molar-refractivity contribution in [2.45, 2.75) is 6.17 Å². The summed E-state index contributed by atoms with van der Waals surface area (Å²) in [6.07, 6.45) is -1.33. The normalized spacial score (nSPS) is 15.5. The molecule has 1 atom stereocenters. The Bertz CT molecular complexity index is 1230. The highest BCUT2D eigenvalue weighted by atomic mass is 79.9. The van der Waals surface area contributed by atoms with Crippen LogP contribution in [0.4, 0.5) is 25.0 Å². The zero-order valence-electron chi connectivity index (χ0n) is 16.8. The van der Waals surface area contributed by atoms with E-state index in [1.807, 2.05) is 0 Å². The van der Waals surface area contributed by atoms with E-state index in [0.717, 1.165) is 6.07 Å². The van der Waals surface area contributed by atoms with Crippen molar-refractivity contribution in [3.63, 3.8) is 0 Å². The number of halogens is 3. The van der Waals surface area contributed by atoms with Gasteiger partial charge in [-0.3, -0.25) is 4.79 Å². The van der Waals surface area contributed by atoms with Crippen LogP contribution in [0, 0.1) is 11.6 Å². The second kappa shape index (κ2) is 8.88. The smallest absolute Gasteiger partial charge is 0.311 e. The minimum atomic E-state index is -1.33. The number of aliphatic imine (C=N–C) groups is 1. The zero-order chi connectivity index (χ0) is 22.8. The van der Waals surface area contributed by atoms with Crippen LogP contribution in [-0.2, 0) is 4.79 Å². The third kappa shape index (κ3) is 4.38. The maximum Gasteiger partial charge on any atom is 0.321 e. The number of fused-ring (bicyclic) bond motifs is 1. The van der Waals surface area contributed by atoms with Crippen LogP contribution in [0.1, 0.15) is 11.1 Å². The van der Waals surface area contributed by atoms with E-state index in [2.05, 4.69) is 31.6 Å². The Morgan fingerprint density at radius 3 is 2.44 bits per heavy atom. The first-order chi connectivity index (χ1) is 15.3. The Balaban J connectivity index is 1.71. The fraction of sp³-hybridized carbons (Fsp3) is 0.0870. The Hall–Kier alpha value is -3.59. The van der Waals surface area contributed by atoms with E-state index in [0.29, 0.717) is 15.7 Å². The fourth-order valence-corrected chi connectivity index (χ4v) is 3.87. The van der Waals surface area contributed by atoms with Crippen LogP contribution in [0.2, 0.25) is 0 Å². The number of nitrogens with one attached hydrogen (secondary N) is 2. The number of urea groups is 1. The van der Waals surface area contributed by atoms with Gasteiger partial charge in [0, 0.05) is 28.3 Å². The van der Waals surface area contributed by atoms with Gasteiger partial charge in [-0.2, -0.15) is 0 Å². The molecule has 0 aliphatic carbocycles. The van der Waals surface area contributed by atoms with E-state index in [-0.39, 0.29) is 17.0 Å². The number of benzene rings is 3. The predicted octanol–water partition coefficient (Wildman–Crippen LogP) is 4.69. The van der Waals surface area contributed by atoms with Crippen molar-refractivity contribution in [1.82, 2.24) is 5.32 Å². The summed E-state index contributed by atoms with van der Waals surface area (Å²) in [5, 5.41) is 4.97. The third-order valence-corrected chi connectivity index (χ3v) is 5.32. The van der Waals surface area contributed by atoms with E-state index in [1.165, 1.54) is 23.1 Å². The molecule has 9 heteroatoms. The van der Waals surface area contributed by atoms with Gasteiger partial charge in [-0.25, -0.2) is 18.6 Å². The summed E-state index contributed by atoms with van der Waals surface area (Å²) in [7, 11) is 1.55. The number of nitrogens with zero attached hydrogens (tertiary/aromatic N) is 2. The molecule has 1 aliphatic rings. The zero-order valence-corrected chi connectivity index (χ0v) is 18.4. The van der Waals surface area contributed by atoms with Gasteiger partial charge >= 0.3 is 6.03 Å². The lowest BCUT2D eigenvalue weighted by Crippen LogP contribution is -2.47. The van der Waals surface area contributed by atoms with E-state index >= 15 is 0 Å². The van der Waals surface area contributed by atoms with Gasteiger partial charge in [0.2, 0.25) is 6.17 Å². The van der Waals surface area contributed by atoms with Crippen LogP contribution in [0.25, 0.3) is 0 Å². The Labute approximate surface area is 191 Å². The average Bonchev–Trinajstić information content (AvgIpc) is 2.84. The number of para-hydroxylation sites is 1. The molecule has 0 saturated carbocycles. The van der Waals surface area contributed by atoms with Crippen molar-refractivity contribution in [3.8, 4) is 0 Å². The molecule has 3 aromatic carbocycles. The van der Waals surface area contributed by atoms with Crippen molar-refractivity contribution in [2.75, 3.05) is 17.3 Å². The van der Waals surface area contributed by atoms with E-state index < -0.39 is 29.7 Å². The lowest BCUT2D eigenvalue weighted by atomic mass is 10.00. The number of amides is 3. The standard InChI is InChI=1S/C23H17BrF2N4O2/c1-30-19-9-5-3-7-17(19)20(16-6-2-4-8-18(16)26)28-21(22(30)31)29-23(32)27-15-11-13(24)10-14(25)12-15/h2-12,21H,1H3,(H2,27,29,32). The molecule has 0 bridgehead atoms. The summed E-state index contributed by atoms with van der Waals surface area (Å²) in [4.78, 5) is 31.4. The highest BCUT2D eigenvalue weighted by Gasteiger charge is 2.31. The number of hydrogen-bond acceptors (Lipinski definition) is 3. The van der Waals surface area contributed by atoms with Gasteiger partial charge in [0.1, 0.15) is 11.6 Å². The highest BCUT2D eigenvalue weighted by molar-refractivity contribution is 9.10. The van der Waals surface area contributed by atoms with E-state index in [9.17, 15) is 18.4 Å². The number of rotatable bonds is 3. The number of carbonyl (C=O) groups is 2. The topological polar surface area (TPSA) is 73.8 Å². The Kier molecular flexibility index (Phi) is 6.00. The summed E-state index contributed by atoms with van der Waals surface area (Å²) >= 11 is 3.16. The number of hydrogen-bond donors (Lipinski definition) is 2. The molecule has 0 spiro atoms. The van der Waals surface area contributed by atoms with Gasteiger partial charge in [-0.1, -0.05) is 46.3 Å². The van der Waals surface area contributed by atoms with Crippen LogP contribution in [0.5, 0.6) is 0 Å². The summed E-state index contributed by atoms with van der Waals surface area (Å²) < 4.78 is 28.7. The lowest BCUT2D eigenvalue weighted by Gasteiger charge is -2.21. The van der Waals surface area contributed by atoms with Gasteiger partial charge in [0.05, 0.1) is 11.4 Å². The molecule has 4 rings (SSSR count). The van der Waals surface area contributed by atoms with Gasteiger partial charge in [-0.05, 0) is 36.4 Å². The molecular formula is C23H17BrF2N4O2. The highest BCUT2D eigenvalue weighted by Crippen LogP contribution is 2.28. The molecule has 162 valence electrons. The van der Waals surface area contributed by atoms with Crippen LogP contribution >= 0.6 is 15.9 Å². The molecule has 32 heavy (non-hydrogen) atoms. The van der Waals surface area contributed by atoms with Crippen molar-refractivity contribution in [3.05, 3.63) is 94.0 Å². The molecule has 3 aromatic rings. The van der Waals surface area contributed by atoms with E-state index in [4.69, 9.17) is 0 Å². The molecule has 0 aromatic heterocycles. The average molecular weight is 499 g/mol. The minimum Gasteiger partial charge on any atom is -0.311 e. The Morgan fingerprint density at radius 2 is 1.72 bits per heavy atom. The molecule has 0 saturated heterocycles. The number of anilines is 2. The van der Waals surface area contributed by atoms with Crippen LogP contribution in [-0.4, -0.2) is 30.9 Å². The molecule has 1 aliphatic heterocycles. The second-order valence-corrected chi connectivity index (χ2v) is 7.95. The van der Waals surface area contributed by atoms with Gasteiger partial charge in [0.25, 0.3) is 5.91 Å². The quantitative estimate of drug-likeness (QED) is 0.549. The SMILES string of the molecule is CN1C(=O)C(NC(=O)Nc2cc(F)cc(Br)c2)N=C(c2ccccc2F)c2ccccc21. The van der Waals surface area contributed by atoms with Gasteiger partial charge < -0.3 is 15.5 Å². The summed E-state index contributed by atoms with van der Waals surface area (Å²) in [5.74, 6) is -1.57. The summed E-state index contributed by atoms with van der Waals surface area (Å²) in [5.41, 5.74) is 1.69. The molecule has 1 unspecified atom stereocenters. The number of likely N-dealkylation sites (N-methyl/N-ethyl adjacent to an activating group) is 1. The first kappa shape index (κ1) is 21.6. The molecule has 3 amide bonds. The van der Waals surface area contributed by atoms with Crippen LogP contribution in [0.15, 0.2) is 76.2 Å². The monoisotopic (exact) mass is 498 g/mol. The van der Waals surface area contributed by atoms with Crippen molar-refractivity contribution >= 4 is 45.0 Å². The molecule has 0 fully saturated rings. The minimum absolute atomic E-state index is 0.186. The van der Waals surface area contributed by atoms with Gasteiger partial charge in [0.15, 0.2) is 0 Å². The third-order valence-electron chi connectivity index (χ3n) is 4.86. The first-order valence-corrected chi connectivity index (χ1v) is 10.4.